The van der Waals surface area contributed by atoms with Gasteiger partial charge < -0.3 is 10.6 Å². The molecule has 6 nitrogen and oxygen atoms in total. The summed E-state index contributed by atoms with van der Waals surface area (Å²) in [6.07, 6.45) is 0. The van der Waals surface area contributed by atoms with Crippen LogP contribution < -0.4 is 10.6 Å². The zero-order valence-electron chi connectivity index (χ0n) is 12.5. The van der Waals surface area contributed by atoms with Crippen LogP contribution in [0.4, 0.5) is 11.4 Å². The molecule has 0 heterocycles. The van der Waals surface area contributed by atoms with E-state index in [0.29, 0.717) is 5.69 Å². The van der Waals surface area contributed by atoms with Crippen LogP contribution in [0.1, 0.15) is 33.3 Å². The van der Waals surface area contributed by atoms with Gasteiger partial charge in [-0.3, -0.25) is 14.9 Å². The number of anilines is 1. The van der Waals surface area contributed by atoms with Crippen LogP contribution in [0, 0.1) is 17.0 Å². The van der Waals surface area contributed by atoms with Crippen molar-refractivity contribution in [2.75, 3.05) is 5.32 Å². The summed E-state index contributed by atoms with van der Waals surface area (Å²) in [7, 11) is 0. The van der Waals surface area contributed by atoms with Crippen molar-refractivity contribution in [3.05, 3.63) is 33.9 Å². The molecule has 0 radical (unpaired) electrons. The van der Waals surface area contributed by atoms with E-state index in [9.17, 15) is 14.9 Å². The van der Waals surface area contributed by atoms with E-state index in [-0.39, 0.29) is 17.1 Å². The predicted molar refractivity (Wildman–Crippen MR) is 78.8 cm³/mol. The second-order valence-electron chi connectivity index (χ2n) is 5.83. The number of nitro benzene ring substituents is 1. The van der Waals surface area contributed by atoms with Crippen LogP contribution >= 0.6 is 0 Å². The Morgan fingerprint density at radius 1 is 1.35 bits per heavy atom. The van der Waals surface area contributed by atoms with Crippen molar-refractivity contribution >= 4 is 17.3 Å². The summed E-state index contributed by atoms with van der Waals surface area (Å²) in [4.78, 5) is 22.6. The van der Waals surface area contributed by atoms with E-state index in [1.54, 1.807) is 26.0 Å². The number of para-hydroxylation sites is 1. The highest BCUT2D eigenvalue weighted by Crippen LogP contribution is 2.28. The molecule has 0 aliphatic carbocycles. The van der Waals surface area contributed by atoms with Gasteiger partial charge in [-0.25, -0.2) is 0 Å². The molecule has 0 spiro atoms. The zero-order valence-corrected chi connectivity index (χ0v) is 12.5. The molecular formula is C14H21N3O3. The van der Waals surface area contributed by atoms with Gasteiger partial charge in [0.05, 0.1) is 4.92 Å². The van der Waals surface area contributed by atoms with Gasteiger partial charge in [0.25, 0.3) is 5.69 Å². The fourth-order valence-corrected chi connectivity index (χ4v) is 1.75. The summed E-state index contributed by atoms with van der Waals surface area (Å²) >= 11 is 0. The van der Waals surface area contributed by atoms with Gasteiger partial charge in [-0.15, -0.1) is 0 Å². The number of aryl methyl sites for hydroxylation is 1. The minimum atomic E-state index is -0.561. The van der Waals surface area contributed by atoms with Crippen molar-refractivity contribution in [3.63, 3.8) is 0 Å². The van der Waals surface area contributed by atoms with Crippen molar-refractivity contribution in [2.45, 2.75) is 46.2 Å². The molecule has 20 heavy (non-hydrogen) atoms. The van der Waals surface area contributed by atoms with Gasteiger partial charge in [0.15, 0.2) is 0 Å². The molecule has 0 bridgehead atoms. The molecule has 1 amide bonds. The summed E-state index contributed by atoms with van der Waals surface area (Å²) in [5.74, 6) is -0.199. The smallest absolute Gasteiger partial charge is 0.292 e. The van der Waals surface area contributed by atoms with Gasteiger partial charge in [-0.05, 0) is 40.2 Å². The molecule has 0 saturated heterocycles. The molecule has 0 fully saturated rings. The van der Waals surface area contributed by atoms with Crippen LogP contribution in [0.5, 0.6) is 0 Å². The van der Waals surface area contributed by atoms with Gasteiger partial charge in [0.1, 0.15) is 11.7 Å². The fourth-order valence-electron chi connectivity index (χ4n) is 1.75. The number of benzene rings is 1. The molecule has 0 aliphatic rings. The van der Waals surface area contributed by atoms with Crippen LogP contribution in [-0.2, 0) is 4.79 Å². The Morgan fingerprint density at radius 3 is 2.45 bits per heavy atom. The second-order valence-corrected chi connectivity index (χ2v) is 5.83. The summed E-state index contributed by atoms with van der Waals surface area (Å²) in [6.45, 7) is 9.09. The van der Waals surface area contributed by atoms with Crippen molar-refractivity contribution in [1.82, 2.24) is 5.32 Å². The lowest BCUT2D eigenvalue weighted by Gasteiger charge is -2.24. The monoisotopic (exact) mass is 279 g/mol. The first kappa shape index (κ1) is 15.9. The van der Waals surface area contributed by atoms with Crippen molar-refractivity contribution in [2.24, 2.45) is 0 Å². The second kappa shape index (κ2) is 5.90. The number of amides is 1. The molecule has 0 aliphatic heterocycles. The van der Waals surface area contributed by atoms with E-state index < -0.39 is 11.0 Å². The topological polar surface area (TPSA) is 84.3 Å². The molecule has 1 aromatic carbocycles. The maximum Gasteiger partial charge on any atom is 0.292 e. The van der Waals surface area contributed by atoms with Crippen LogP contribution in [0.2, 0.25) is 0 Å². The summed E-state index contributed by atoms with van der Waals surface area (Å²) in [6, 6.07) is 4.25. The predicted octanol–water partition coefficient (Wildman–Crippen LogP) is 2.62. The molecule has 1 rings (SSSR count). The number of carbonyl (C=O) groups excluding carboxylic acids is 1. The first-order valence-corrected chi connectivity index (χ1v) is 6.44. The molecule has 0 aromatic heterocycles. The Balaban J connectivity index is 2.93. The third-order valence-electron chi connectivity index (χ3n) is 2.70. The molecule has 2 N–H and O–H groups in total. The molecular weight excluding hydrogens is 258 g/mol. The highest BCUT2D eigenvalue weighted by molar-refractivity contribution is 5.86. The van der Waals surface area contributed by atoms with Crippen LogP contribution in [0.15, 0.2) is 18.2 Å². The molecule has 0 saturated carbocycles. The molecule has 1 atom stereocenters. The van der Waals surface area contributed by atoms with E-state index in [0.717, 1.165) is 5.56 Å². The molecule has 110 valence electrons. The van der Waals surface area contributed by atoms with Gasteiger partial charge in [0.2, 0.25) is 5.91 Å². The highest BCUT2D eigenvalue weighted by atomic mass is 16.6. The van der Waals surface area contributed by atoms with E-state index in [1.165, 1.54) is 6.07 Å². The lowest BCUT2D eigenvalue weighted by Crippen LogP contribution is -2.47. The highest BCUT2D eigenvalue weighted by Gasteiger charge is 2.23. The van der Waals surface area contributed by atoms with Crippen LogP contribution in [0.3, 0.4) is 0 Å². The normalized spacial score (nSPS) is 12.7. The average molecular weight is 279 g/mol. The Labute approximate surface area is 118 Å². The van der Waals surface area contributed by atoms with Gasteiger partial charge in [-0.1, -0.05) is 12.1 Å². The van der Waals surface area contributed by atoms with Gasteiger partial charge in [-0.2, -0.15) is 0 Å². The summed E-state index contributed by atoms with van der Waals surface area (Å²) in [5.41, 5.74) is 0.745. The number of nitro groups is 1. The quantitative estimate of drug-likeness (QED) is 0.655. The maximum absolute atomic E-state index is 12.0. The van der Waals surface area contributed by atoms with Gasteiger partial charge in [0, 0.05) is 11.6 Å². The average Bonchev–Trinajstić information content (AvgIpc) is 2.28. The third kappa shape index (κ3) is 4.22. The number of nitrogens with one attached hydrogen (secondary N) is 2. The standard InChI is InChI=1S/C14H21N3O3/c1-9-7-6-8-11(17(19)20)12(9)15-10(2)13(18)16-14(3,4)5/h6-8,10,15H,1-5H3,(H,16,18). The lowest BCUT2D eigenvalue weighted by molar-refractivity contribution is -0.384. The van der Waals surface area contributed by atoms with E-state index in [2.05, 4.69) is 10.6 Å². The minimum Gasteiger partial charge on any atom is -0.368 e. The van der Waals surface area contributed by atoms with E-state index >= 15 is 0 Å². The number of carbonyl (C=O) groups is 1. The van der Waals surface area contributed by atoms with Crippen molar-refractivity contribution in [1.29, 1.82) is 0 Å². The largest absolute Gasteiger partial charge is 0.368 e. The molecule has 1 aromatic rings. The van der Waals surface area contributed by atoms with E-state index in [4.69, 9.17) is 0 Å². The van der Waals surface area contributed by atoms with Crippen LogP contribution in [-0.4, -0.2) is 22.4 Å². The van der Waals surface area contributed by atoms with Gasteiger partial charge >= 0.3 is 0 Å². The SMILES string of the molecule is Cc1cccc([N+](=O)[O-])c1NC(C)C(=O)NC(C)(C)C. The van der Waals surface area contributed by atoms with Crippen molar-refractivity contribution < 1.29 is 9.72 Å². The number of rotatable bonds is 4. The lowest BCUT2D eigenvalue weighted by atomic mass is 10.1. The minimum absolute atomic E-state index is 0.0274. The fraction of sp³-hybridized carbons (Fsp3) is 0.500. The van der Waals surface area contributed by atoms with E-state index in [1.807, 2.05) is 20.8 Å². The van der Waals surface area contributed by atoms with Crippen molar-refractivity contribution in [3.8, 4) is 0 Å². The zero-order chi connectivity index (χ0) is 15.5. The first-order chi connectivity index (χ1) is 9.11. The first-order valence-electron chi connectivity index (χ1n) is 6.44. The Morgan fingerprint density at radius 2 is 1.95 bits per heavy atom. The molecule has 6 heteroatoms. The van der Waals surface area contributed by atoms with Crippen LogP contribution in [0.25, 0.3) is 0 Å². The Bertz CT molecular complexity index is 521. The third-order valence-corrected chi connectivity index (χ3v) is 2.70. The molecule has 1 unspecified atom stereocenters. The number of nitrogens with zero attached hydrogens (tertiary/aromatic N) is 1. The maximum atomic E-state index is 12.0. The summed E-state index contributed by atoms with van der Waals surface area (Å²) in [5, 5.41) is 16.8. The Kier molecular flexibility index (Phi) is 4.70. The summed E-state index contributed by atoms with van der Waals surface area (Å²) < 4.78 is 0. The Hall–Kier alpha value is -2.11. The number of hydrogen-bond donors (Lipinski definition) is 2. The number of hydrogen-bond acceptors (Lipinski definition) is 4.